The molecule has 2 unspecified atom stereocenters. The van der Waals surface area contributed by atoms with Crippen LogP contribution in [0, 0.1) is 5.92 Å². The van der Waals surface area contributed by atoms with E-state index in [4.69, 9.17) is 9.31 Å². The van der Waals surface area contributed by atoms with E-state index in [-0.39, 0.29) is 5.92 Å². The predicted molar refractivity (Wildman–Crippen MR) is 126 cm³/mol. The van der Waals surface area contributed by atoms with Crippen molar-refractivity contribution in [2.45, 2.75) is 109 Å². The molecule has 33 heavy (non-hydrogen) atoms. The summed E-state index contributed by atoms with van der Waals surface area (Å²) < 4.78 is 54.7. The van der Waals surface area contributed by atoms with Crippen LogP contribution < -0.4 is 5.23 Å². The summed E-state index contributed by atoms with van der Waals surface area (Å²) in [5.41, 5.74) is -3.81. The van der Waals surface area contributed by atoms with Gasteiger partial charge < -0.3 is 14.5 Å². The smallest absolute Gasteiger partial charge is 0.383 e. The van der Waals surface area contributed by atoms with E-state index in [0.29, 0.717) is 18.4 Å². The highest BCUT2D eigenvalue weighted by Gasteiger charge is 2.72. The first-order valence-corrected chi connectivity index (χ1v) is 12.4. The van der Waals surface area contributed by atoms with E-state index in [0.717, 1.165) is 58.3 Å². The summed E-state index contributed by atoms with van der Waals surface area (Å²) >= 11 is 0. The molecule has 1 fully saturated rings. The molecule has 0 saturated carbocycles. The van der Waals surface area contributed by atoms with Crippen LogP contribution in [0.25, 0.3) is 0 Å². The highest BCUT2D eigenvalue weighted by Crippen LogP contribution is 2.53. The second-order valence-electron chi connectivity index (χ2n) is 9.44. The molecule has 1 amide bonds. The molecule has 4 nitrogen and oxygen atoms in total. The summed E-state index contributed by atoms with van der Waals surface area (Å²) in [5.74, 6) is -0.867. The lowest BCUT2D eigenvalue weighted by molar-refractivity contribution is -0.277. The van der Waals surface area contributed by atoms with E-state index in [2.05, 4.69) is 19.1 Å². The van der Waals surface area contributed by atoms with Gasteiger partial charge in [0.2, 0.25) is 5.91 Å². The van der Waals surface area contributed by atoms with Gasteiger partial charge in [0.25, 0.3) is 0 Å². The first-order chi connectivity index (χ1) is 15.6. The second kappa shape index (κ2) is 12.3. The lowest BCUT2D eigenvalue weighted by Crippen LogP contribution is -2.61. The van der Waals surface area contributed by atoms with Crippen LogP contribution in [0.15, 0.2) is 30.3 Å². The van der Waals surface area contributed by atoms with Gasteiger partial charge in [-0.1, -0.05) is 83.4 Å². The third-order valence-corrected chi connectivity index (χ3v) is 7.06. The summed E-state index contributed by atoms with van der Waals surface area (Å²) in [6, 6.07) is 8.34. The van der Waals surface area contributed by atoms with Crippen molar-refractivity contribution >= 4 is 13.2 Å². The summed E-state index contributed by atoms with van der Waals surface area (Å²) in [7, 11) is -1.47. The monoisotopic (exact) mass is 469 g/mol. The zero-order valence-corrected chi connectivity index (χ0v) is 20.5. The molecule has 1 aromatic rings. The number of rotatable bonds is 13. The van der Waals surface area contributed by atoms with Gasteiger partial charge >= 0.3 is 13.4 Å². The molecule has 0 bridgehead atoms. The Morgan fingerprint density at radius 3 is 1.97 bits per heavy atom. The van der Waals surface area contributed by atoms with Gasteiger partial charge in [-0.15, -0.1) is 0 Å². The van der Waals surface area contributed by atoms with Crippen molar-refractivity contribution in [3.05, 3.63) is 35.9 Å². The Balaban J connectivity index is 2.25. The van der Waals surface area contributed by atoms with Gasteiger partial charge in [0.05, 0.1) is 5.60 Å². The van der Waals surface area contributed by atoms with Gasteiger partial charge in [-0.25, -0.2) is 0 Å². The number of alkyl halides is 3. The van der Waals surface area contributed by atoms with E-state index >= 15 is 0 Å². The number of hydrogen-bond acceptors (Lipinski definition) is 3. The quantitative estimate of drug-likeness (QED) is 0.248. The summed E-state index contributed by atoms with van der Waals surface area (Å²) in [4.78, 5) is 12.6. The van der Waals surface area contributed by atoms with Gasteiger partial charge in [-0.05, 0) is 44.7 Å². The van der Waals surface area contributed by atoms with E-state index in [1.165, 1.54) is 6.92 Å². The number of halogens is 3. The van der Waals surface area contributed by atoms with Crippen molar-refractivity contribution in [3.63, 3.8) is 0 Å². The minimum atomic E-state index is -4.65. The molecular formula is C25H39BF3NO3. The van der Waals surface area contributed by atoms with Crippen LogP contribution in [0.3, 0.4) is 0 Å². The lowest BCUT2D eigenvalue weighted by Gasteiger charge is -2.45. The summed E-state index contributed by atoms with van der Waals surface area (Å²) in [5, 5.41) is 2.50. The van der Waals surface area contributed by atoms with Crippen molar-refractivity contribution in [2.24, 2.45) is 5.92 Å². The molecule has 2 rings (SSSR count). The summed E-state index contributed by atoms with van der Waals surface area (Å²) in [6.45, 7) is 6.79. The molecule has 186 valence electrons. The number of nitrogens with one attached hydrogen (secondary N) is 1. The number of carbonyl (C=O) groups excluding carboxylic acids is 1. The molecule has 0 radical (unpaired) electrons. The largest absolute Gasteiger partial charge is 0.594 e. The molecule has 1 aliphatic heterocycles. The van der Waals surface area contributed by atoms with Crippen molar-refractivity contribution in [1.29, 1.82) is 0 Å². The molecule has 1 aliphatic rings. The molecule has 1 N–H and O–H groups in total. The summed E-state index contributed by atoms with van der Waals surface area (Å²) in [6.07, 6.45) is 4.52. The number of hydrogen-bond donors (Lipinski definition) is 1. The van der Waals surface area contributed by atoms with Gasteiger partial charge in [-0.3, -0.25) is 4.79 Å². The maximum Gasteiger partial charge on any atom is 0.594 e. The second-order valence-corrected chi connectivity index (χ2v) is 9.44. The van der Waals surface area contributed by atoms with E-state index < -0.39 is 30.5 Å². The van der Waals surface area contributed by atoms with Crippen LogP contribution in [0.2, 0.25) is 0 Å². The maximum atomic E-state index is 14.4. The number of unbranched alkanes of at least 4 members (excludes halogenated alkanes) is 6. The third kappa shape index (κ3) is 6.75. The minimum Gasteiger partial charge on any atom is -0.383 e. The Morgan fingerprint density at radius 1 is 0.939 bits per heavy atom. The third-order valence-electron chi connectivity index (χ3n) is 7.06. The van der Waals surface area contributed by atoms with Crippen molar-refractivity contribution in [3.8, 4) is 0 Å². The standard InChI is InChI=1S/C25H39BF3NO3/c1-5-7-9-14-18-21(19-15-10-8-6-2)23(3)24(4,25(27,28)29)33-26(32-23)30-22(31)20-16-12-11-13-17-20/h11-13,16-17,21H,5-10,14-15,18-19H2,1-4H3,(H,30,31). The van der Waals surface area contributed by atoms with Crippen molar-refractivity contribution in [1.82, 2.24) is 5.23 Å². The van der Waals surface area contributed by atoms with Gasteiger partial charge in [0, 0.05) is 5.56 Å². The topological polar surface area (TPSA) is 47.6 Å². The van der Waals surface area contributed by atoms with E-state index in [1.807, 2.05) is 0 Å². The van der Waals surface area contributed by atoms with E-state index in [1.54, 1.807) is 30.3 Å². The van der Waals surface area contributed by atoms with E-state index in [9.17, 15) is 18.0 Å². The Kier molecular flexibility index (Phi) is 10.3. The predicted octanol–water partition coefficient (Wildman–Crippen LogP) is 7.08. The molecule has 0 aromatic heterocycles. The number of carbonyl (C=O) groups is 1. The Labute approximate surface area is 197 Å². The lowest BCUT2D eigenvalue weighted by atomic mass is 9.71. The van der Waals surface area contributed by atoms with Crippen LogP contribution in [-0.4, -0.2) is 30.5 Å². The molecule has 0 aliphatic carbocycles. The SMILES string of the molecule is CCCCCCC(CCCCCC)C1(C)OB(NC(=O)c2ccccc2)OC1(C)C(F)(F)F. The molecule has 1 aromatic carbocycles. The number of benzene rings is 1. The highest BCUT2D eigenvalue weighted by atomic mass is 19.4. The minimum absolute atomic E-state index is 0.336. The van der Waals surface area contributed by atoms with Crippen LogP contribution in [0.5, 0.6) is 0 Å². The molecular weight excluding hydrogens is 430 g/mol. The Morgan fingerprint density at radius 2 is 1.48 bits per heavy atom. The van der Waals surface area contributed by atoms with Crippen molar-refractivity contribution in [2.75, 3.05) is 0 Å². The molecule has 0 spiro atoms. The average Bonchev–Trinajstić information content (AvgIpc) is 3.04. The molecule has 1 saturated heterocycles. The molecule has 2 atom stereocenters. The van der Waals surface area contributed by atoms with Crippen LogP contribution in [-0.2, 0) is 9.31 Å². The van der Waals surface area contributed by atoms with Crippen LogP contribution in [0.4, 0.5) is 13.2 Å². The van der Waals surface area contributed by atoms with Gasteiger partial charge in [0.15, 0.2) is 5.60 Å². The Bertz CT molecular complexity index is 721. The molecule has 8 heteroatoms. The van der Waals surface area contributed by atoms with Gasteiger partial charge in [0.1, 0.15) is 0 Å². The average molecular weight is 469 g/mol. The fourth-order valence-electron chi connectivity index (χ4n) is 4.69. The first-order valence-electron chi connectivity index (χ1n) is 12.4. The zero-order chi connectivity index (χ0) is 24.5. The zero-order valence-electron chi connectivity index (χ0n) is 20.5. The number of amides is 1. The van der Waals surface area contributed by atoms with Crippen LogP contribution in [0.1, 0.15) is 102 Å². The first kappa shape index (κ1) is 27.7. The highest BCUT2D eigenvalue weighted by molar-refractivity contribution is 6.47. The van der Waals surface area contributed by atoms with Crippen molar-refractivity contribution < 1.29 is 27.3 Å². The fraction of sp³-hybridized carbons (Fsp3) is 0.720. The molecule has 1 heterocycles. The van der Waals surface area contributed by atoms with Crippen LogP contribution >= 0.6 is 0 Å². The maximum absolute atomic E-state index is 14.4. The normalized spacial score (nSPS) is 23.3. The van der Waals surface area contributed by atoms with Gasteiger partial charge in [-0.2, -0.15) is 13.2 Å². The Hall–Kier alpha value is -1.54. The fourth-order valence-corrected chi connectivity index (χ4v) is 4.69.